The molecular formula is C22H18N6O3. The highest BCUT2D eigenvalue weighted by atomic mass is 16.6. The molecule has 0 fully saturated rings. The SMILES string of the molecule is O=[N+]([O-])c1c(NCc2cccnc2)ncnc1Nc1ccc(Oc2ccccc2)cc1. The van der Waals surface area contributed by atoms with E-state index >= 15 is 0 Å². The van der Waals surface area contributed by atoms with Crippen LogP contribution >= 0.6 is 0 Å². The molecule has 0 atom stereocenters. The molecule has 9 nitrogen and oxygen atoms in total. The highest BCUT2D eigenvalue weighted by molar-refractivity contribution is 5.73. The molecular weight excluding hydrogens is 396 g/mol. The lowest BCUT2D eigenvalue weighted by Crippen LogP contribution is -2.08. The maximum absolute atomic E-state index is 11.7. The Hall–Kier alpha value is -4.53. The summed E-state index contributed by atoms with van der Waals surface area (Å²) in [7, 11) is 0. The van der Waals surface area contributed by atoms with E-state index in [4.69, 9.17) is 4.74 Å². The Labute approximate surface area is 177 Å². The second-order valence-electron chi connectivity index (χ2n) is 6.46. The topological polar surface area (TPSA) is 115 Å². The quantitative estimate of drug-likeness (QED) is 0.308. The maximum Gasteiger partial charge on any atom is 0.353 e. The average Bonchev–Trinajstić information content (AvgIpc) is 2.80. The third kappa shape index (κ3) is 5.10. The molecule has 2 aromatic carbocycles. The fourth-order valence-electron chi connectivity index (χ4n) is 2.83. The van der Waals surface area contributed by atoms with E-state index in [1.54, 1.807) is 42.7 Å². The number of pyridine rings is 1. The Morgan fingerprint density at radius 3 is 2.35 bits per heavy atom. The first-order valence-corrected chi connectivity index (χ1v) is 9.41. The normalized spacial score (nSPS) is 10.3. The number of hydrogen-bond acceptors (Lipinski definition) is 8. The molecule has 4 aromatic rings. The molecule has 31 heavy (non-hydrogen) atoms. The predicted molar refractivity (Wildman–Crippen MR) is 116 cm³/mol. The van der Waals surface area contributed by atoms with Crippen LogP contribution in [-0.2, 0) is 6.54 Å². The van der Waals surface area contributed by atoms with Crippen LogP contribution in [0, 0.1) is 10.1 Å². The van der Waals surface area contributed by atoms with E-state index in [9.17, 15) is 10.1 Å². The number of aromatic nitrogens is 3. The predicted octanol–water partition coefficient (Wildman–Crippen LogP) is 4.93. The summed E-state index contributed by atoms with van der Waals surface area (Å²) in [4.78, 5) is 23.3. The van der Waals surface area contributed by atoms with Gasteiger partial charge in [-0.15, -0.1) is 0 Å². The van der Waals surface area contributed by atoms with Gasteiger partial charge in [-0.25, -0.2) is 9.97 Å². The van der Waals surface area contributed by atoms with Crippen molar-refractivity contribution in [1.29, 1.82) is 0 Å². The second-order valence-corrected chi connectivity index (χ2v) is 6.46. The molecule has 4 rings (SSSR count). The van der Waals surface area contributed by atoms with Crippen LogP contribution in [0.5, 0.6) is 11.5 Å². The van der Waals surface area contributed by atoms with E-state index in [2.05, 4.69) is 25.6 Å². The number of nitrogens with one attached hydrogen (secondary N) is 2. The minimum Gasteiger partial charge on any atom is -0.457 e. The molecule has 0 aliphatic rings. The number of para-hydroxylation sites is 1. The Kier molecular flexibility index (Phi) is 5.94. The minimum absolute atomic E-state index is 0.0883. The van der Waals surface area contributed by atoms with Crippen LogP contribution in [0.25, 0.3) is 0 Å². The van der Waals surface area contributed by atoms with Crippen LogP contribution in [0.4, 0.5) is 23.0 Å². The molecule has 0 radical (unpaired) electrons. The van der Waals surface area contributed by atoms with Crippen molar-refractivity contribution >= 4 is 23.0 Å². The van der Waals surface area contributed by atoms with E-state index in [1.807, 2.05) is 36.4 Å². The molecule has 0 saturated carbocycles. The van der Waals surface area contributed by atoms with Crippen molar-refractivity contribution in [3.8, 4) is 11.5 Å². The van der Waals surface area contributed by atoms with Crippen LogP contribution in [-0.4, -0.2) is 19.9 Å². The third-order valence-electron chi connectivity index (χ3n) is 4.28. The molecule has 0 bridgehead atoms. The Morgan fingerprint density at radius 1 is 0.903 bits per heavy atom. The summed E-state index contributed by atoms with van der Waals surface area (Å²) >= 11 is 0. The van der Waals surface area contributed by atoms with Crippen LogP contribution in [0.1, 0.15) is 5.56 Å². The van der Waals surface area contributed by atoms with E-state index in [-0.39, 0.29) is 17.3 Å². The van der Waals surface area contributed by atoms with Gasteiger partial charge in [-0.05, 0) is 48.0 Å². The van der Waals surface area contributed by atoms with Gasteiger partial charge in [-0.1, -0.05) is 24.3 Å². The zero-order chi connectivity index (χ0) is 21.5. The van der Waals surface area contributed by atoms with Crippen LogP contribution in [0.15, 0.2) is 85.5 Å². The molecule has 2 aromatic heterocycles. The summed E-state index contributed by atoms with van der Waals surface area (Å²) in [5.41, 5.74) is 1.26. The molecule has 0 aliphatic carbocycles. The van der Waals surface area contributed by atoms with Gasteiger partial charge < -0.3 is 15.4 Å². The van der Waals surface area contributed by atoms with E-state index in [0.717, 1.165) is 11.3 Å². The summed E-state index contributed by atoms with van der Waals surface area (Å²) in [5, 5.41) is 17.7. The van der Waals surface area contributed by atoms with Gasteiger partial charge in [0.1, 0.15) is 17.8 Å². The highest BCUT2D eigenvalue weighted by Gasteiger charge is 2.23. The summed E-state index contributed by atoms with van der Waals surface area (Å²) in [5.74, 6) is 1.58. The first-order chi connectivity index (χ1) is 15.2. The number of hydrogen-bond donors (Lipinski definition) is 2. The number of anilines is 3. The highest BCUT2D eigenvalue weighted by Crippen LogP contribution is 2.32. The van der Waals surface area contributed by atoms with Crippen molar-refractivity contribution < 1.29 is 9.66 Å². The lowest BCUT2D eigenvalue weighted by molar-refractivity contribution is -0.383. The zero-order valence-corrected chi connectivity index (χ0v) is 16.3. The molecule has 2 heterocycles. The lowest BCUT2D eigenvalue weighted by Gasteiger charge is -2.11. The van der Waals surface area contributed by atoms with Gasteiger partial charge >= 0.3 is 5.69 Å². The number of nitro groups is 1. The molecule has 0 spiro atoms. The van der Waals surface area contributed by atoms with Crippen molar-refractivity contribution in [1.82, 2.24) is 15.0 Å². The van der Waals surface area contributed by atoms with Gasteiger partial charge in [0, 0.05) is 24.6 Å². The van der Waals surface area contributed by atoms with Gasteiger partial charge in [0.2, 0.25) is 11.6 Å². The van der Waals surface area contributed by atoms with Gasteiger partial charge in [0.25, 0.3) is 0 Å². The molecule has 0 unspecified atom stereocenters. The number of ether oxygens (including phenoxy) is 1. The number of rotatable bonds is 8. The molecule has 0 aliphatic heterocycles. The fraction of sp³-hybridized carbons (Fsp3) is 0.0455. The lowest BCUT2D eigenvalue weighted by atomic mass is 10.2. The van der Waals surface area contributed by atoms with Crippen LogP contribution < -0.4 is 15.4 Å². The van der Waals surface area contributed by atoms with Gasteiger partial charge in [-0.2, -0.15) is 0 Å². The second kappa shape index (κ2) is 9.31. The monoisotopic (exact) mass is 414 g/mol. The summed E-state index contributed by atoms with van der Waals surface area (Å²) in [6, 6.07) is 20.1. The summed E-state index contributed by atoms with van der Waals surface area (Å²) in [6.45, 7) is 0.344. The van der Waals surface area contributed by atoms with Crippen LogP contribution in [0.3, 0.4) is 0 Å². The van der Waals surface area contributed by atoms with Gasteiger partial charge in [-0.3, -0.25) is 15.1 Å². The summed E-state index contributed by atoms with van der Waals surface area (Å²) in [6.07, 6.45) is 4.61. The first kappa shape index (κ1) is 19.8. The Balaban J connectivity index is 1.50. The van der Waals surface area contributed by atoms with Crippen molar-refractivity contribution in [2.45, 2.75) is 6.54 Å². The van der Waals surface area contributed by atoms with Gasteiger partial charge in [0.05, 0.1) is 4.92 Å². The molecule has 0 amide bonds. The summed E-state index contributed by atoms with van der Waals surface area (Å²) < 4.78 is 5.76. The maximum atomic E-state index is 11.7. The fourth-order valence-corrected chi connectivity index (χ4v) is 2.83. The van der Waals surface area contributed by atoms with Crippen molar-refractivity contribution in [2.75, 3.05) is 10.6 Å². The minimum atomic E-state index is -0.513. The van der Waals surface area contributed by atoms with Crippen molar-refractivity contribution in [3.63, 3.8) is 0 Å². The molecule has 9 heteroatoms. The van der Waals surface area contributed by atoms with E-state index in [1.165, 1.54) is 6.33 Å². The Bertz CT molecular complexity index is 1150. The molecule has 154 valence electrons. The van der Waals surface area contributed by atoms with Crippen LogP contribution in [0.2, 0.25) is 0 Å². The zero-order valence-electron chi connectivity index (χ0n) is 16.3. The van der Waals surface area contributed by atoms with E-state index in [0.29, 0.717) is 18.0 Å². The molecule has 0 saturated heterocycles. The first-order valence-electron chi connectivity index (χ1n) is 9.41. The smallest absolute Gasteiger partial charge is 0.353 e. The van der Waals surface area contributed by atoms with Crippen molar-refractivity contribution in [3.05, 3.63) is 101 Å². The number of benzene rings is 2. The third-order valence-corrected chi connectivity index (χ3v) is 4.28. The molecule has 2 N–H and O–H groups in total. The average molecular weight is 414 g/mol. The van der Waals surface area contributed by atoms with Crippen molar-refractivity contribution in [2.24, 2.45) is 0 Å². The van der Waals surface area contributed by atoms with Gasteiger partial charge in [0.15, 0.2) is 0 Å². The number of nitrogens with zero attached hydrogens (tertiary/aromatic N) is 4. The van der Waals surface area contributed by atoms with E-state index < -0.39 is 4.92 Å². The Morgan fingerprint density at radius 2 is 1.65 bits per heavy atom. The standard InChI is InChI=1S/C22H18N6O3/c29-28(30)20-21(24-14-16-5-4-12-23-13-16)25-15-26-22(20)27-17-8-10-19(11-9-17)31-18-6-2-1-3-7-18/h1-13,15H,14H2,(H2,24,25,26,27). The largest absolute Gasteiger partial charge is 0.457 e.